The number of aryl methyl sites for hydroxylation is 1. The molecule has 0 radical (unpaired) electrons. The second-order valence-electron chi connectivity index (χ2n) is 5.63. The first-order valence-corrected chi connectivity index (χ1v) is 7.95. The monoisotopic (exact) mass is 333 g/mol. The van der Waals surface area contributed by atoms with Crippen LogP contribution in [0.25, 0.3) is 0 Å². The zero-order valence-corrected chi connectivity index (χ0v) is 14.2. The second-order valence-corrected chi connectivity index (χ2v) is 5.63. The first-order valence-electron chi connectivity index (χ1n) is 7.95. The highest BCUT2D eigenvalue weighted by Gasteiger charge is 2.12. The molecule has 0 aliphatic carbocycles. The fourth-order valence-electron chi connectivity index (χ4n) is 1.87. The third-order valence-corrected chi connectivity index (χ3v) is 3.11. The van der Waals surface area contributed by atoms with Crippen LogP contribution in [-0.4, -0.2) is 35.3 Å². The number of nitrogens with one attached hydrogen (secondary N) is 1. The van der Waals surface area contributed by atoms with Gasteiger partial charge >= 0.3 is 0 Å². The molecule has 0 aliphatic rings. The van der Waals surface area contributed by atoms with Crippen molar-refractivity contribution in [2.75, 3.05) is 13.2 Å². The maximum atomic E-state index is 11.9. The molecule has 1 N–H and O–H groups in total. The van der Waals surface area contributed by atoms with Crippen molar-refractivity contribution in [2.24, 2.45) is 0 Å². The minimum Gasteiger partial charge on any atom is -0.484 e. The summed E-state index contributed by atoms with van der Waals surface area (Å²) in [6, 6.07) is 5.25. The van der Waals surface area contributed by atoms with Crippen LogP contribution in [0.2, 0.25) is 0 Å². The summed E-state index contributed by atoms with van der Waals surface area (Å²) in [5.74, 6) is 0.837. The Kier molecular flexibility index (Phi) is 6.74. The standard InChI is InChI=1S/C17H23N3O4/c1-12(2)22-8-4-7-18-17(21)16-9-15(24-20-16)11-23-14-6-5-13(3)19-10-14/h5-6,9-10,12H,4,7-8,11H2,1-3H3,(H,18,21). The molecule has 24 heavy (non-hydrogen) atoms. The molecule has 130 valence electrons. The van der Waals surface area contributed by atoms with Gasteiger partial charge in [-0.1, -0.05) is 5.16 Å². The van der Waals surface area contributed by atoms with E-state index in [9.17, 15) is 4.79 Å². The van der Waals surface area contributed by atoms with E-state index in [2.05, 4.69) is 15.5 Å². The van der Waals surface area contributed by atoms with Crippen molar-refractivity contribution in [2.45, 2.75) is 39.9 Å². The van der Waals surface area contributed by atoms with Crippen molar-refractivity contribution >= 4 is 5.91 Å². The van der Waals surface area contributed by atoms with E-state index in [1.54, 1.807) is 12.3 Å². The van der Waals surface area contributed by atoms with Gasteiger partial charge in [0.05, 0.1) is 12.3 Å². The van der Waals surface area contributed by atoms with Crippen LogP contribution in [0.15, 0.2) is 28.9 Å². The lowest BCUT2D eigenvalue weighted by Gasteiger charge is -2.07. The van der Waals surface area contributed by atoms with Crippen molar-refractivity contribution in [3.63, 3.8) is 0 Å². The molecule has 0 fully saturated rings. The van der Waals surface area contributed by atoms with E-state index < -0.39 is 0 Å². The van der Waals surface area contributed by atoms with Crippen LogP contribution in [-0.2, 0) is 11.3 Å². The van der Waals surface area contributed by atoms with Crippen molar-refractivity contribution in [1.29, 1.82) is 0 Å². The molecule has 0 saturated heterocycles. The maximum absolute atomic E-state index is 11.9. The van der Waals surface area contributed by atoms with Gasteiger partial charge < -0.3 is 19.3 Å². The molecule has 7 nitrogen and oxygen atoms in total. The average Bonchev–Trinajstić information content (AvgIpc) is 3.02. The van der Waals surface area contributed by atoms with Crippen molar-refractivity contribution < 1.29 is 18.8 Å². The lowest BCUT2D eigenvalue weighted by molar-refractivity contribution is 0.0756. The fraction of sp³-hybridized carbons (Fsp3) is 0.471. The third kappa shape index (κ3) is 6.00. The number of hydrogen-bond acceptors (Lipinski definition) is 6. The molecule has 2 aromatic heterocycles. The SMILES string of the molecule is Cc1ccc(OCc2cc(C(=O)NCCCOC(C)C)no2)cn1. The minimum absolute atomic E-state index is 0.188. The summed E-state index contributed by atoms with van der Waals surface area (Å²) in [6.07, 6.45) is 2.58. The number of aromatic nitrogens is 2. The van der Waals surface area contributed by atoms with E-state index >= 15 is 0 Å². The number of carbonyl (C=O) groups is 1. The molecule has 2 heterocycles. The molecule has 0 spiro atoms. The van der Waals surface area contributed by atoms with E-state index in [4.69, 9.17) is 14.0 Å². The van der Waals surface area contributed by atoms with Crippen molar-refractivity contribution in [3.05, 3.63) is 41.5 Å². The van der Waals surface area contributed by atoms with Crippen LogP contribution in [0.5, 0.6) is 5.75 Å². The molecule has 2 aromatic rings. The highest BCUT2D eigenvalue weighted by molar-refractivity contribution is 5.92. The zero-order chi connectivity index (χ0) is 17.4. The molecule has 0 aromatic carbocycles. The molecular formula is C17H23N3O4. The first kappa shape index (κ1) is 17.9. The molecule has 0 aliphatic heterocycles. The van der Waals surface area contributed by atoms with E-state index in [0.717, 1.165) is 12.1 Å². The Labute approximate surface area is 141 Å². The topological polar surface area (TPSA) is 86.5 Å². The number of carbonyl (C=O) groups excluding carboxylic acids is 1. The molecule has 2 rings (SSSR count). The number of ether oxygens (including phenoxy) is 2. The van der Waals surface area contributed by atoms with Crippen LogP contribution in [0.3, 0.4) is 0 Å². The quantitative estimate of drug-likeness (QED) is 0.710. The minimum atomic E-state index is -0.272. The van der Waals surface area contributed by atoms with E-state index in [1.165, 1.54) is 0 Å². The van der Waals surface area contributed by atoms with Gasteiger partial charge in [0.2, 0.25) is 0 Å². The second kappa shape index (κ2) is 9.02. The summed E-state index contributed by atoms with van der Waals surface area (Å²) in [6.45, 7) is 7.18. The van der Waals surface area contributed by atoms with Gasteiger partial charge in [-0.3, -0.25) is 9.78 Å². The molecule has 0 saturated carbocycles. The average molecular weight is 333 g/mol. The Morgan fingerprint density at radius 2 is 2.21 bits per heavy atom. The van der Waals surface area contributed by atoms with Gasteiger partial charge in [-0.15, -0.1) is 0 Å². The summed E-state index contributed by atoms with van der Waals surface area (Å²) in [7, 11) is 0. The Balaban J connectivity index is 1.73. The normalized spacial score (nSPS) is 10.8. The number of nitrogens with zero attached hydrogens (tertiary/aromatic N) is 2. The molecule has 0 bridgehead atoms. The van der Waals surface area contributed by atoms with Gasteiger partial charge in [0.15, 0.2) is 11.5 Å². The number of pyridine rings is 1. The van der Waals surface area contributed by atoms with Crippen LogP contribution in [0, 0.1) is 6.92 Å². The maximum Gasteiger partial charge on any atom is 0.273 e. The highest BCUT2D eigenvalue weighted by Crippen LogP contribution is 2.12. The van der Waals surface area contributed by atoms with Crippen LogP contribution in [0.1, 0.15) is 42.2 Å². The zero-order valence-electron chi connectivity index (χ0n) is 14.2. The summed E-state index contributed by atoms with van der Waals surface area (Å²) in [5.41, 5.74) is 1.15. The largest absolute Gasteiger partial charge is 0.484 e. The lowest BCUT2D eigenvalue weighted by Crippen LogP contribution is -2.25. The molecular weight excluding hydrogens is 310 g/mol. The number of amides is 1. The predicted molar refractivity (Wildman–Crippen MR) is 87.8 cm³/mol. The van der Waals surface area contributed by atoms with Crippen molar-refractivity contribution in [1.82, 2.24) is 15.5 Å². The van der Waals surface area contributed by atoms with E-state index in [0.29, 0.717) is 24.7 Å². The first-order chi connectivity index (χ1) is 11.5. The van der Waals surface area contributed by atoms with Gasteiger partial charge in [-0.2, -0.15) is 0 Å². The van der Waals surface area contributed by atoms with Gasteiger partial charge in [-0.05, 0) is 39.3 Å². The van der Waals surface area contributed by atoms with Gasteiger partial charge in [-0.25, -0.2) is 0 Å². The van der Waals surface area contributed by atoms with E-state index in [-0.39, 0.29) is 24.3 Å². The lowest BCUT2D eigenvalue weighted by atomic mass is 10.3. The predicted octanol–water partition coefficient (Wildman–Crippen LogP) is 2.50. The van der Waals surface area contributed by atoms with Crippen molar-refractivity contribution in [3.8, 4) is 5.75 Å². The fourth-order valence-corrected chi connectivity index (χ4v) is 1.87. The Morgan fingerprint density at radius 1 is 1.38 bits per heavy atom. The van der Waals surface area contributed by atoms with Crippen LogP contribution in [0.4, 0.5) is 0 Å². The summed E-state index contributed by atoms with van der Waals surface area (Å²) in [4.78, 5) is 16.1. The Hall–Kier alpha value is -2.41. The van der Waals surface area contributed by atoms with Gasteiger partial charge in [0, 0.05) is 24.9 Å². The number of hydrogen-bond donors (Lipinski definition) is 1. The molecule has 1 amide bonds. The van der Waals surface area contributed by atoms with Gasteiger partial charge in [0.1, 0.15) is 12.4 Å². The highest BCUT2D eigenvalue weighted by atomic mass is 16.5. The summed E-state index contributed by atoms with van der Waals surface area (Å²) < 4.78 is 16.0. The van der Waals surface area contributed by atoms with E-state index in [1.807, 2.05) is 32.9 Å². The molecule has 7 heteroatoms. The van der Waals surface area contributed by atoms with Crippen LogP contribution < -0.4 is 10.1 Å². The number of rotatable bonds is 9. The summed E-state index contributed by atoms with van der Waals surface area (Å²) >= 11 is 0. The smallest absolute Gasteiger partial charge is 0.273 e. The summed E-state index contributed by atoms with van der Waals surface area (Å²) in [5, 5.41) is 6.53. The Morgan fingerprint density at radius 3 is 2.92 bits per heavy atom. The molecule has 0 atom stereocenters. The Bertz CT molecular complexity index is 638. The van der Waals surface area contributed by atoms with Crippen LogP contribution >= 0.6 is 0 Å². The third-order valence-electron chi connectivity index (χ3n) is 3.11. The molecule has 0 unspecified atom stereocenters. The van der Waals surface area contributed by atoms with Gasteiger partial charge in [0.25, 0.3) is 5.91 Å².